The van der Waals surface area contributed by atoms with Crippen molar-refractivity contribution in [2.45, 2.75) is 88.5 Å². The van der Waals surface area contributed by atoms with Crippen LogP contribution in [-0.4, -0.2) is 56.4 Å². The van der Waals surface area contributed by atoms with Gasteiger partial charge in [0.25, 0.3) is 11.5 Å². The van der Waals surface area contributed by atoms with Crippen LogP contribution in [0.5, 0.6) is 0 Å². The van der Waals surface area contributed by atoms with E-state index in [1.807, 2.05) is 38.3 Å². The van der Waals surface area contributed by atoms with Crippen LogP contribution >= 0.6 is 11.8 Å². The number of carbonyl (C=O) groups excluding carboxylic acids is 1. The molecule has 0 bridgehead atoms. The first-order valence-electron chi connectivity index (χ1n) is 14.6. The highest BCUT2D eigenvalue weighted by Crippen LogP contribution is 2.49. The Morgan fingerprint density at radius 3 is 2.62 bits per heavy atom. The summed E-state index contributed by atoms with van der Waals surface area (Å²) in [7, 11) is 0. The van der Waals surface area contributed by atoms with Crippen molar-refractivity contribution in [3.63, 3.8) is 0 Å². The molecule has 2 N–H and O–H groups in total. The van der Waals surface area contributed by atoms with Crippen LogP contribution in [0.25, 0.3) is 11.0 Å². The number of nitrogens with zero attached hydrogens (tertiary/aromatic N) is 3. The molecule has 4 heterocycles. The topological polar surface area (TPSA) is 83.0 Å². The van der Waals surface area contributed by atoms with Crippen LogP contribution in [0.1, 0.15) is 78.8 Å². The third-order valence-electron chi connectivity index (χ3n) is 9.70. The summed E-state index contributed by atoms with van der Waals surface area (Å²) >= 11 is 1.50. The van der Waals surface area contributed by atoms with Gasteiger partial charge >= 0.3 is 0 Å². The molecule has 9 heteroatoms. The number of H-pyrrole nitrogens is 1. The van der Waals surface area contributed by atoms with Crippen molar-refractivity contribution >= 4 is 28.7 Å². The van der Waals surface area contributed by atoms with Crippen LogP contribution in [-0.2, 0) is 6.54 Å². The maximum Gasteiger partial charge on any atom is 0.254 e. The summed E-state index contributed by atoms with van der Waals surface area (Å²) in [5.41, 5.74) is 2.63. The Labute approximate surface area is 239 Å². The highest BCUT2D eigenvalue weighted by Gasteiger charge is 2.55. The van der Waals surface area contributed by atoms with E-state index in [0.29, 0.717) is 42.1 Å². The predicted octanol–water partition coefficient (Wildman–Crippen LogP) is 5.55. The van der Waals surface area contributed by atoms with Crippen molar-refractivity contribution in [3.8, 4) is 0 Å². The van der Waals surface area contributed by atoms with Crippen molar-refractivity contribution in [2.24, 2.45) is 11.8 Å². The van der Waals surface area contributed by atoms with Gasteiger partial charge in [0, 0.05) is 65.1 Å². The molecule has 3 aromatic heterocycles. The summed E-state index contributed by atoms with van der Waals surface area (Å²) in [6.45, 7) is 7.51. The summed E-state index contributed by atoms with van der Waals surface area (Å²) in [4.78, 5) is 37.0. The number of halogens is 1. The number of carbonyl (C=O) groups is 1. The van der Waals surface area contributed by atoms with Gasteiger partial charge in [-0.15, -0.1) is 11.8 Å². The third-order valence-corrected chi connectivity index (χ3v) is 10.5. The van der Waals surface area contributed by atoms with Gasteiger partial charge in [-0.25, -0.2) is 9.37 Å². The fourth-order valence-corrected chi connectivity index (χ4v) is 7.95. The monoisotopic (exact) mass is 565 g/mol. The van der Waals surface area contributed by atoms with Crippen molar-refractivity contribution in [3.05, 3.63) is 57.3 Å². The first kappa shape index (κ1) is 27.5. The van der Waals surface area contributed by atoms with Gasteiger partial charge in [0.15, 0.2) is 0 Å². The number of alkyl halides is 1. The third kappa shape index (κ3) is 4.89. The average molecular weight is 566 g/mol. The van der Waals surface area contributed by atoms with Gasteiger partial charge in [-0.2, -0.15) is 0 Å². The van der Waals surface area contributed by atoms with E-state index in [9.17, 15) is 14.0 Å². The lowest BCUT2D eigenvalue weighted by Gasteiger charge is -2.51. The van der Waals surface area contributed by atoms with Crippen molar-refractivity contribution in [1.82, 2.24) is 24.8 Å². The van der Waals surface area contributed by atoms with E-state index in [-0.39, 0.29) is 24.1 Å². The highest BCUT2D eigenvalue weighted by atomic mass is 32.2. The molecule has 1 amide bonds. The minimum absolute atomic E-state index is 0.161. The van der Waals surface area contributed by atoms with Crippen LogP contribution in [0, 0.1) is 25.7 Å². The molecule has 0 aromatic carbocycles. The fraction of sp³-hybridized carbons (Fsp3) is 0.581. The second-order valence-electron chi connectivity index (χ2n) is 12.2. The summed E-state index contributed by atoms with van der Waals surface area (Å²) in [6, 6.07) is 6.45. The smallest absolute Gasteiger partial charge is 0.254 e. The second-order valence-corrected chi connectivity index (χ2v) is 13.1. The van der Waals surface area contributed by atoms with E-state index in [1.165, 1.54) is 11.8 Å². The minimum atomic E-state index is -0.919. The number of rotatable bonds is 8. The molecule has 1 saturated heterocycles. The van der Waals surface area contributed by atoms with Gasteiger partial charge in [-0.1, -0.05) is 0 Å². The standard InChI is InChI=1S/C31H40FN5O2S/c1-18-14-26(40-4)25(29(38)35-18)15-34-30(39)27-20(3)37(28-24(27)6-5-13-33-28)19(2)21-7-11-23(12-8-21)36-16-31(32,17-36)22-9-10-22/h5-6,13-14,19,21-23H,7-12,15-17H2,1-4H3,(H,34,39)(H,35,38)/t19-,21?,23?/m1/s1. The number of amides is 1. The molecule has 7 nitrogen and oxygen atoms in total. The summed E-state index contributed by atoms with van der Waals surface area (Å²) in [5, 5.41) is 3.85. The molecular formula is C31H40FN5O2S. The summed E-state index contributed by atoms with van der Waals surface area (Å²) in [6.07, 6.45) is 10.2. The number of aromatic amines is 1. The lowest BCUT2D eigenvalue weighted by Crippen LogP contribution is -2.63. The molecular weight excluding hydrogens is 525 g/mol. The Kier molecular flexibility index (Phi) is 7.32. The van der Waals surface area contributed by atoms with Crippen LogP contribution < -0.4 is 10.9 Å². The normalized spacial score (nSPS) is 23.6. The van der Waals surface area contributed by atoms with Gasteiger partial charge < -0.3 is 14.9 Å². The van der Waals surface area contributed by atoms with E-state index in [0.717, 1.165) is 65.8 Å². The maximum absolute atomic E-state index is 14.9. The largest absolute Gasteiger partial charge is 0.348 e. The van der Waals surface area contributed by atoms with Crippen LogP contribution in [0.3, 0.4) is 0 Å². The van der Waals surface area contributed by atoms with E-state index in [4.69, 9.17) is 4.98 Å². The van der Waals surface area contributed by atoms with Crippen LogP contribution in [0.2, 0.25) is 0 Å². The Morgan fingerprint density at radius 2 is 1.95 bits per heavy atom. The molecule has 3 fully saturated rings. The van der Waals surface area contributed by atoms with Crippen LogP contribution in [0.15, 0.2) is 34.1 Å². The first-order chi connectivity index (χ1) is 19.2. The number of aryl methyl sites for hydroxylation is 1. The van der Waals surface area contributed by atoms with Crippen molar-refractivity contribution in [1.29, 1.82) is 0 Å². The minimum Gasteiger partial charge on any atom is -0.348 e. The zero-order valence-corrected chi connectivity index (χ0v) is 24.7. The van der Waals surface area contributed by atoms with Crippen LogP contribution in [0.4, 0.5) is 4.39 Å². The highest BCUT2D eigenvalue weighted by molar-refractivity contribution is 7.98. The molecule has 2 aliphatic carbocycles. The molecule has 0 unspecified atom stereocenters. The number of fused-ring (bicyclic) bond motifs is 1. The molecule has 2 saturated carbocycles. The molecule has 40 heavy (non-hydrogen) atoms. The second kappa shape index (κ2) is 10.6. The van der Waals surface area contributed by atoms with Crippen molar-refractivity contribution < 1.29 is 9.18 Å². The summed E-state index contributed by atoms with van der Waals surface area (Å²) in [5.74, 6) is 0.591. The SMILES string of the molecule is CSc1cc(C)[nH]c(=O)c1CNC(=O)c1c(C)n([C@H](C)C2CCC(N3CC(F)(C4CC4)C3)CC2)c2ncccc12. The first-order valence-corrected chi connectivity index (χ1v) is 15.9. The fourth-order valence-electron chi connectivity index (χ4n) is 7.24. The van der Waals surface area contributed by atoms with Gasteiger partial charge in [-0.05, 0) is 95.6 Å². The van der Waals surface area contributed by atoms with E-state index in [2.05, 4.69) is 26.7 Å². The molecule has 0 spiro atoms. The number of likely N-dealkylation sites (tertiary alicyclic amines) is 1. The number of thioether (sulfide) groups is 1. The van der Waals surface area contributed by atoms with Gasteiger partial charge in [0.05, 0.1) is 5.56 Å². The molecule has 1 aliphatic heterocycles. The quantitative estimate of drug-likeness (QED) is 0.350. The maximum atomic E-state index is 14.9. The number of hydrogen-bond donors (Lipinski definition) is 2. The Morgan fingerprint density at radius 1 is 1.23 bits per heavy atom. The summed E-state index contributed by atoms with van der Waals surface area (Å²) < 4.78 is 17.1. The van der Waals surface area contributed by atoms with Gasteiger partial charge in [-0.3, -0.25) is 14.5 Å². The molecule has 1 atom stereocenters. The zero-order chi connectivity index (χ0) is 28.2. The van der Waals surface area contributed by atoms with E-state index < -0.39 is 5.67 Å². The average Bonchev–Trinajstić information content (AvgIpc) is 3.73. The lowest BCUT2D eigenvalue weighted by atomic mass is 9.79. The predicted molar refractivity (Wildman–Crippen MR) is 158 cm³/mol. The number of aromatic nitrogens is 3. The Bertz CT molecular complexity index is 1480. The zero-order valence-electron chi connectivity index (χ0n) is 23.9. The molecule has 3 aliphatic rings. The van der Waals surface area contributed by atoms with E-state index in [1.54, 1.807) is 6.20 Å². The van der Waals surface area contributed by atoms with Crippen molar-refractivity contribution in [2.75, 3.05) is 19.3 Å². The lowest BCUT2D eigenvalue weighted by molar-refractivity contribution is -0.0814. The van der Waals surface area contributed by atoms with E-state index >= 15 is 0 Å². The van der Waals surface area contributed by atoms with Gasteiger partial charge in [0.2, 0.25) is 0 Å². The number of nitrogens with one attached hydrogen (secondary N) is 2. The molecule has 0 radical (unpaired) electrons. The number of hydrogen-bond acceptors (Lipinski definition) is 5. The molecule has 6 rings (SSSR count). The Hall–Kier alpha value is -2.65. The molecule has 3 aromatic rings. The molecule has 214 valence electrons. The number of pyridine rings is 2. The van der Waals surface area contributed by atoms with Gasteiger partial charge in [0.1, 0.15) is 11.3 Å². The Balaban J connectivity index is 1.18.